The second kappa shape index (κ2) is 12.6. The number of esters is 1. The number of rotatable bonds is 9. The highest BCUT2D eigenvalue weighted by molar-refractivity contribution is 5.94. The summed E-state index contributed by atoms with van der Waals surface area (Å²) in [6.07, 6.45) is -1.01. The zero-order valence-corrected chi connectivity index (χ0v) is 21.6. The van der Waals surface area contributed by atoms with E-state index in [1.807, 2.05) is 30.3 Å². The summed E-state index contributed by atoms with van der Waals surface area (Å²) < 4.78 is 22.2. The monoisotopic (exact) mass is 477 g/mol. The molecule has 0 saturated carbocycles. The van der Waals surface area contributed by atoms with Crippen LogP contribution in [0.2, 0.25) is 0 Å². The van der Waals surface area contributed by atoms with E-state index in [1.165, 1.54) is 6.92 Å². The normalized spacial score (nSPS) is 14.4. The fourth-order valence-electron chi connectivity index (χ4n) is 2.81. The minimum atomic E-state index is -1.29. The maximum absolute atomic E-state index is 13.0. The minimum absolute atomic E-state index is 0.332. The predicted molar refractivity (Wildman–Crippen MR) is 129 cm³/mol. The van der Waals surface area contributed by atoms with Crippen molar-refractivity contribution in [2.24, 2.45) is 0 Å². The quantitative estimate of drug-likeness (QED) is 0.258. The Kier molecular flexibility index (Phi) is 10.8. The molecule has 0 aliphatic heterocycles. The molecule has 2 amide bonds. The number of carbonyl (C=O) groups excluding carboxylic acids is 3. The Morgan fingerprint density at radius 1 is 0.941 bits per heavy atom. The van der Waals surface area contributed by atoms with E-state index in [0.717, 1.165) is 5.56 Å². The van der Waals surface area contributed by atoms with Crippen molar-refractivity contribution < 1.29 is 33.3 Å². The van der Waals surface area contributed by atoms with Gasteiger partial charge in [-0.1, -0.05) is 36.4 Å². The molecule has 8 heteroatoms. The molecular weight excluding hydrogens is 438 g/mol. The van der Waals surface area contributed by atoms with E-state index in [1.54, 1.807) is 54.5 Å². The molecule has 2 unspecified atom stereocenters. The summed E-state index contributed by atoms with van der Waals surface area (Å²) in [7, 11) is 0. The van der Waals surface area contributed by atoms with Gasteiger partial charge in [-0.2, -0.15) is 4.90 Å². The van der Waals surface area contributed by atoms with Crippen LogP contribution in [0.4, 0.5) is 9.59 Å². The average Bonchev–Trinajstić information content (AvgIpc) is 2.69. The van der Waals surface area contributed by atoms with Crippen LogP contribution in [0.15, 0.2) is 43.0 Å². The first-order valence-corrected chi connectivity index (χ1v) is 11.4. The van der Waals surface area contributed by atoms with Crippen molar-refractivity contribution in [1.82, 2.24) is 4.90 Å². The molecule has 0 radical (unpaired) electrons. The van der Waals surface area contributed by atoms with Gasteiger partial charge in [-0.15, -0.1) is 6.58 Å². The first-order chi connectivity index (χ1) is 15.6. The molecule has 0 N–H and O–H groups in total. The van der Waals surface area contributed by atoms with Gasteiger partial charge in [0.1, 0.15) is 23.3 Å². The molecule has 1 aromatic carbocycles. The van der Waals surface area contributed by atoms with Crippen molar-refractivity contribution in [3.8, 4) is 0 Å². The molecule has 0 spiro atoms. The number of nitrogens with zero attached hydrogens (tertiary/aromatic N) is 1. The minimum Gasteiger partial charge on any atom is -0.458 e. The van der Waals surface area contributed by atoms with Crippen molar-refractivity contribution in [3.63, 3.8) is 0 Å². The van der Waals surface area contributed by atoms with E-state index >= 15 is 0 Å². The standard InChI is InChI=1S/C26H39NO7/c1-10-14-21(31-17-20-15-12-11-13-16-20)19(3)32-22(28)18(2)27(23(29)33-25(4,5)6)24(30)34-26(7,8)9/h10-13,15-16,18-19,21H,1,14,17H2,2-9H3/t18-,19?,21?/m0/s1. The van der Waals surface area contributed by atoms with Gasteiger partial charge in [0.2, 0.25) is 0 Å². The number of amides is 2. The summed E-state index contributed by atoms with van der Waals surface area (Å²) in [4.78, 5) is 39.1. The second-order valence-corrected chi connectivity index (χ2v) is 10.0. The predicted octanol–water partition coefficient (Wildman–Crippen LogP) is 5.64. The van der Waals surface area contributed by atoms with E-state index in [9.17, 15) is 14.4 Å². The summed E-state index contributed by atoms with van der Waals surface area (Å²) in [5, 5.41) is 0. The molecular formula is C26H39NO7. The largest absolute Gasteiger partial charge is 0.458 e. The lowest BCUT2D eigenvalue weighted by atomic mass is 10.1. The highest BCUT2D eigenvalue weighted by atomic mass is 16.6. The Bertz CT molecular complexity index is 796. The molecule has 0 heterocycles. The lowest BCUT2D eigenvalue weighted by Gasteiger charge is -2.32. The van der Waals surface area contributed by atoms with Crippen molar-refractivity contribution >= 4 is 18.2 Å². The molecule has 34 heavy (non-hydrogen) atoms. The SMILES string of the molecule is C=CCC(OCc1ccccc1)C(C)OC(=O)[C@H](C)N(C(=O)OC(C)(C)C)C(=O)OC(C)(C)C. The number of carbonyl (C=O) groups is 3. The molecule has 190 valence electrons. The molecule has 0 aliphatic rings. The number of imide groups is 1. The number of ether oxygens (including phenoxy) is 4. The van der Waals surface area contributed by atoms with Crippen LogP contribution in [0.3, 0.4) is 0 Å². The summed E-state index contributed by atoms with van der Waals surface area (Å²) in [5.41, 5.74) is -0.784. The number of hydrogen-bond donors (Lipinski definition) is 0. The van der Waals surface area contributed by atoms with Crippen molar-refractivity contribution in [3.05, 3.63) is 48.6 Å². The lowest BCUT2D eigenvalue weighted by Crippen LogP contribution is -2.52. The van der Waals surface area contributed by atoms with Gasteiger partial charge in [-0.3, -0.25) is 0 Å². The molecule has 8 nitrogen and oxygen atoms in total. The zero-order chi connectivity index (χ0) is 26.1. The summed E-state index contributed by atoms with van der Waals surface area (Å²) in [6, 6.07) is 8.32. The van der Waals surface area contributed by atoms with Gasteiger partial charge in [0.05, 0.1) is 12.7 Å². The smallest absolute Gasteiger partial charge is 0.420 e. The van der Waals surface area contributed by atoms with E-state index in [0.29, 0.717) is 17.9 Å². The third-order valence-electron chi connectivity index (χ3n) is 4.44. The summed E-state index contributed by atoms with van der Waals surface area (Å²) in [5.74, 6) is -0.790. The molecule has 1 aromatic rings. The Hall–Kier alpha value is -2.87. The van der Waals surface area contributed by atoms with Gasteiger partial charge in [-0.25, -0.2) is 14.4 Å². The van der Waals surface area contributed by atoms with Crippen LogP contribution in [0.1, 0.15) is 67.4 Å². The maximum Gasteiger partial charge on any atom is 0.420 e. The van der Waals surface area contributed by atoms with Crippen LogP contribution < -0.4 is 0 Å². The molecule has 0 saturated heterocycles. The van der Waals surface area contributed by atoms with Crippen molar-refractivity contribution in [1.29, 1.82) is 0 Å². The molecule has 0 aromatic heterocycles. The van der Waals surface area contributed by atoms with Gasteiger partial charge in [0.25, 0.3) is 0 Å². The summed E-state index contributed by atoms with van der Waals surface area (Å²) >= 11 is 0. The van der Waals surface area contributed by atoms with Crippen LogP contribution in [0.5, 0.6) is 0 Å². The maximum atomic E-state index is 13.0. The van der Waals surface area contributed by atoms with Crippen LogP contribution in [0.25, 0.3) is 0 Å². The van der Waals surface area contributed by atoms with Crippen LogP contribution >= 0.6 is 0 Å². The van der Waals surface area contributed by atoms with Crippen LogP contribution in [0, 0.1) is 0 Å². The van der Waals surface area contributed by atoms with Gasteiger partial charge in [0.15, 0.2) is 0 Å². The fraction of sp³-hybridized carbons (Fsp3) is 0.577. The lowest BCUT2D eigenvalue weighted by molar-refractivity contribution is -0.161. The van der Waals surface area contributed by atoms with Gasteiger partial charge in [0, 0.05) is 0 Å². The topological polar surface area (TPSA) is 91.4 Å². The van der Waals surface area contributed by atoms with Gasteiger partial charge >= 0.3 is 18.2 Å². The highest BCUT2D eigenvalue weighted by Crippen LogP contribution is 2.19. The van der Waals surface area contributed by atoms with E-state index in [2.05, 4.69) is 6.58 Å². The van der Waals surface area contributed by atoms with E-state index in [-0.39, 0.29) is 0 Å². The molecule has 0 bridgehead atoms. The Morgan fingerprint density at radius 3 is 1.88 bits per heavy atom. The van der Waals surface area contributed by atoms with E-state index < -0.39 is 47.6 Å². The third-order valence-corrected chi connectivity index (χ3v) is 4.44. The molecule has 0 fully saturated rings. The first-order valence-electron chi connectivity index (χ1n) is 11.4. The van der Waals surface area contributed by atoms with Crippen LogP contribution in [-0.4, -0.2) is 52.5 Å². The summed E-state index contributed by atoms with van der Waals surface area (Å²) in [6.45, 7) is 17.1. The Morgan fingerprint density at radius 2 is 1.44 bits per heavy atom. The van der Waals surface area contributed by atoms with Gasteiger partial charge in [-0.05, 0) is 67.4 Å². The molecule has 3 atom stereocenters. The van der Waals surface area contributed by atoms with Crippen LogP contribution in [-0.2, 0) is 30.3 Å². The molecule has 1 rings (SSSR count). The second-order valence-electron chi connectivity index (χ2n) is 10.0. The third kappa shape index (κ3) is 10.4. The Balaban J connectivity index is 2.97. The molecule has 0 aliphatic carbocycles. The zero-order valence-electron chi connectivity index (χ0n) is 21.6. The Labute approximate surface area is 203 Å². The van der Waals surface area contributed by atoms with Crippen molar-refractivity contribution in [2.45, 2.75) is 97.9 Å². The van der Waals surface area contributed by atoms with E-state index in [4.69, 9.17) is 18.9 Å². The van der Waals surface area contributed by atoms with Crippen molar-refractivity contribution in [2.75, 3.05) is 0 Å². The first kappa shape index (κ1) is 29.2. The van der Waals surface area contributed by atoms with Gasteiger partial charge < -0.3 is 18.9 Å². The highest BCUT2D eigenvalue weighted by Gasteiger charge is 2.39. The average molecular weight is 478 g/mol. The number of benzene rings is 1. The number of hydrogen-bond acceptors (Lipinski definition) is 7. The fourth-order valence-corrected chi connectivity index (χ4v) is 2.81.